The smallest absolute Gasteiger partial charge is 0.191 e. The summed E-state index contributed by atoms with van der Waals surface area (Å²) in [5, 5.41) is 6.35. The Morgan fingerprint density at radius 2 is 1.50 bits per heavy atom. The molecule has 130 valence electrons. The number of hydrogen-bond acceptors (Lipinski definition) is 2. The van der Waals surface area contributed by atoms with E-state index < -0.39 is 0 Å². The predicted octanol–water partition coefficient (Wildman–Crippen LogP) is 3.46. The highest BCUT2D eigenvalue weighted by Gasteiger charge is 2.05. The van der Waals surface area contributed by atoms with Crippen LogP contribution in [0.4, 0.5) is 4.39 Å². The molecule has 2 aromatic rings. The predicted molar refractivity (Wildman–Crippen MR) is 106 cm³/mol. The molecule has 0 heterocycles. The molecule has 0 spiro atoms. The van der Waals surface area contributed by atoms with Crippen molar-refractivity contribution in [3.05, 3.63) is 71.0 Å². The Kier molecular flexibility index (Phi) is 9.33. The van der Waals surface area contributed by atoms with Crippen molar-refractivity contribution in [2.75, 3.05) is 14.2 Å². The Morgan fingerprint density at radius 1 is 0.958 bits per heavy atom. The summed E-state index contributed by atoms with van der Waals surface area (Å²) in [5.74, 6) is 0.404. The molecule has 0 aromatic heterocycles. The maximum atomic E-state index is 13.6. The van der Waals surface area contributed by atoms with E-state index in [1.54, 1.807) is 26.3 Å². The number of benzene rings is 2. The van der Waals surface area contributed by atoms with E-state index >= 15 is 0 Å². The summed E-state index contributed by atoms with van der Waals surface area (Å²) in [5.41, 5.74) is 2.88. The molecule has 2 rings (SSSR count). The fourth-order valence-corrected chi connectivity index (χ4v) is 2.25. The van der Waals surface area contributed by atoms with E-state index in [0.29, 0.717) is 31.2 Å². The maximum Gasteiger partial charge on any atom is 0.191 e. The Balaban J connectivity index is 0.00000288. The monoisotopic (exact) mass is 443 g/mol. The number of aliphatic imine (C=N–C) groups is 1. The molecule has 0 aliphatic heterocycles. The molecule has 2 N–H and O–H groups in total. The molecule has 24 heavy (non-hydrogen) atoms. The van der Waals surface area contributed by atoms with E-state index in [1.165, 1.54) is 6.07 Å². The van der Waals surface area contributed by atoms with Crippen molar-refractivity contribution >= 4 is 29.9 Å². The van der Waals surface area contributed by atoms with Crippen LogP contribution in [0.2, 0.25) is 0 Å². The molecule has 0 saturated carbocycles. The largest absolute Gasteiger partial charge is 0.380 e. The van der Waals surface area contributed by atoms with Gasteiger partial charge in [0.15, 0.2) is 5.96 Å². The van der Waals surface area contributed by atoms with Crippen LogP contribution in [-0.2, 0) is 24.4 Å². The van der Waals surface area contributed by atoms with Crippen molar-refractivity contribution in [2.45, 2.75) is 19.7 Å². The first-order valence-corrected chi connectivity index (χ1v) is 7.48. The van der Waals surface area contributed by atoms with Gasteiger partial charge in [-0.05, 0) is 17.2 Å². The van der Waals surface area contributed by atoms with Crippen molar-refractivity contribution < 1.29 is 9.13 Å². The van der Waals surface area contributed by atoms with Crippen LogP contribution in [0.5, 0.6) is 0 Å². The lowest BCUT2D eigenvalue weighted by molar-refractivity contribution is 0.184. The number of ether oxygens (including phenoxy) is 1. The Bertz CT molecular complexity index is 664. The first-order chi connectivity index (χ1) is 11.2. The van der Waals surface area contributed by atoms with Gasteiger partial charge in [-0.25, -0.2) is 4.39 Å². The van der Waals surface area contributed by atoms with Crippen LogP contribution in [0.1, 0.15) is 16.7 Å². The third-order valence-corrected chi connectivity index (χ3v) is 3.49. The standard InChI is InChI=1S/C18H22FN3O.HI/c1-20-18(22-12-15-8-5-6-10-17(15)19)21-11-14-7-3-4-9-16(14)13-23-2;/h3-10H,11-13H2,1-2H3,(H2,20,21,22);1H. The van der Waals surface area contributed by atoms with Crippen LogP contribution in [0.25, 0.3) is 0 Å². The molecule has 6 heteroatoms. The van der Waals surface area contributed by atoms with Crippen molar-refractivity contribution in [3.8, 4) is 0 Å². The minimum Gasteiger partial charge on any atom is -0.380 e. The molecule has 2 aromatic carbocycles. The van der Waals surface area contributed by atoms with Gasteiger partial charge in [0.2, 0.25) is 0 Å². The lowest BCUT2D eigenvalue weighted by Gasteiger charge is -2.14. The van der Waals surface area contributed by atoms with E-state index in [4.69, 9.17) is 4.74 Å². The van der Waals surface area contributed by atoms with Crippen molar-refractivity contribution in [3.63, 3.8) is 0 Å². The molecule has 0 fully saturated rings. The third kappa shape index (κ3) is 6.09. The summed E-state index contributed by atoms with van der Waals surface area (Å²) >= 11 is 0. The molecule has 0 saturated heterocycles. The van der Waals surface area contributed by atoms with Crippen molar-refractivity contribution in [2.24, 2.45) is 4.99 Å². The lowest BCUT2D eigenvalue weighted by Crippen LogP contribution is -2.36. The fraction of sp³-hybridized carbons (Fsp3) is 0.278. The number of nitrogens with one attached hydrogen (secondary N) is 2. The second-order valence-corrected chi connectivity index (χ2v) is 5.07. The minimum atomic E-state index is -0.221. The fourth-order valence-electron chi connectivity index (χ4n) is 2.25. The zero-order valence-electron chi connectivity index (χ0n) is 13.9. The topological polar surface area (TPSA) is 45.7 Å². The van der Waals surface area contributed by atoms with E-state index in [-0.39, 0.29) is 29.8 Å². The quantitative estimate of drug-likeness (QED) is 0.409. The normalized spacial score (nSPS) is 10.9. The zero-order valence-corrected chi connectivity index (χ0v) is 16.2. The van der Waals surface area contributed by atoms with Crippen LogP contribution in [0.3, 0.4) is 0 Å². The van der Waals surface area contributed by atoms with Crippen molar-refractivity contribution in [1.29, 1.82) is 0 Å². The van der Waals surface area contributed by atoms with Gasteiger partial charge in [0, 0.05) is 32.8 Å². The molecule has 0 atom stereocenters. The third-order valence-electron chi connectivity index (χ3n) is 3.49. The van der Waals surface area contributed by atoms with Gasteiger partial charge in [0.1, 0.15) is 5.82 Å². The number of guanidine groups is 1. The molecule has 0 aliphatic rings. The molecule has 0 amide bonds. The highest BCUT2D eigenvalue weighted by molar-refractivity contribution is 14.0. The summed E-state index contributed by atoms with van der Waals surface area (Å²) in [6.07, 6.45) is 0. The number of methoxy groups -OCH3 is 1. The van der Waals surface area contributed by atoms with Gasteiger partial charge < -0.3 is 15.4 Å². The summed E-state index contributed by atoms with van der Waals surface area (Å²) in [6, 6.07) is 14.8. The van der Waals surface area contributed by atoms with Crippen molar-refractivity contribution in [1.82, 2.24) is 10.6 Å². The van der Waals surface area contributed by atoms with Gasteiger partial charge in [-0.1, -0.05) is 42.5 Å². The Morgan fingerprint density at radius 3 is 2.08 bits per heavy atom. The first-order valence-electron chi connectivity index (χ1n) is 7.48. The van der Waals surface area contributed by atoms with Gasteiger partial charge >= 0.3 is 0 Å². The molecule has 0 bridgehead atoms. The summed E-state index contributed by atoms with van der Waals surface area (Å²) < 4.78 is 18.8. The second-order valence-electron chi connectivity index (χ2n) is 5.07. The molecular formula is C18H23FIN3O. The average molecular weight is 443 g/mol. The number of rotatable bonds is 6. The molecule has 4 nitrogen and oxygen atoms in total. The highest BCUT2D eigenvalue weighted by atomic mass is 127. The van der Waals surface area contributed by atoms with Crippen LogP contribution >= 0.6 is 24.0 Å². The molecule has 0 unspecified atom stereocenters. The Labute approximate surface area is 159 Å². The van der Waals surface area contributed by atoms with Crippen LogP contribution in [0.15, 0.2) is 53.5 Å². The first kappa shape index (κ1) is 20.4. The number of halogens is 2. The maximum absolute atomic E-state index is 13.6. The molecule has 0 radical (unpaired) electrons. The summed E-state index contributed by atoms with van der Waals surface area (Å²) in [4.78, 5) is 4.16. The molecule has 0 aliphatic carbocycles. The summed E-state index contributed by atoms with van der Waals surface area (Å²) in [7, 11) is 3.37. The van der Waals surface area contributed by atoms with E-state index in [1.807, 2.05) is 30.3 Å². The van der Waals surface area contributed by atoms with Crippen LogP contribution in [0, 0.1) is 5.82 Å². The van der Waals surface area contributed by atoms with Gasteiger partial charge in [-0.15, -0.1) is 24.0 Å². The number of nitrogens with zero attached hydrogens (tertiary/aromatic N) is 1. The SMILES string of the molecule is CN=C(NCc1ccccc1F)NCc1ccccc1COC.I. The van der Waals surface area contributed by atoms with Gasteiger partial charge in [-0.2, -0.15) is 0 Å². The lowest BCUT2D eigenvalue weighted by atomic mass is 10.1. The van der Waals surface area contributed by atoms with Crippen LogP contribution < -0.4 is 10.6 Å². The van der Waals surface area contributed by atoms with E-state index in [0.717, 1.165) is 11.1 Å². The van der Waals surface area contributed by atoms with Gasteiger partial charge in [-0.3, -0.25) is 4.99 Å². The van der Waals surface area contributed by atoms with Gasteiger partial charge in [0.05, 0.1) is 6.61 Å². The summed E-state index contributed by atoms with van der Waals surface area (Å²) in [6.45, 7) is 1.57. The average Bonchev–Trinajstić information content (AvgIpc) is 2.58. The second kappa shape index (κ2) is 11.0. The number of hydrogen-bond donors (Lipinski definition) is 2. The van der Waals surface area contributed by atoms with E-state index in [2.05, 4.69) is 15.6 Å². The van der Waals surface area contributed by atoms with Crippen LogP contribution in [-0.4, -0.2) is 20.1 Å². The molecular weight excluding hydrogens is 420 g/mol. The zero-order chi connectivity index (χ0) is 16.5. The highest BCUT2D eigenvalue weighted by Crippen LogP contribution is 2.09. The van der Waals surface area contributed by atoms with Gasteiger partial charge in [0.25, 0.3) is 0 Å². The van der Waals surface area contributed by atoms with E-state index in [9.17, 15) is 4.39 Å². The minimum absolute atomic E-state index is 0. The Hall–Kier alpha value is -1.67.